The molecular weight excluding hydrogens is 256 g/mol. The molecule has 104 valence electrons. The van der Waals surface area contributed by atoms with Gasteiger partial charge in [-0.3, -0.25) is 4.79 Å². The Hall–Kier alpha value is -2.14. The van der Waals surface area contributed by atoms with Gasteiger partial charge in [-0.25, -0.2) is 4.98 Å². The van der Waals surface area contributed by atoms with Crippen LogP contribution < -0.4 is 5.32 Å². The van der Waals surface area contributed by atoms with Crippen LogP contribution >= 0.6 is 0 Å². The van der Waals surface area contributed by atoms with E-state index >= 15 is 0 Å². The first-order valence-electron chi connectivity index (χ1n) is 6.63. The maximum Gasteiger partial charge on any atom is 0.244 e. The quantitative estimate of drug-likeness (QED) is 0.813. The zero-order valence-corrected chi connectivity index (χ0v) is 11.0. The zero-order valence-electron chi connectivity index (χ0n) is 11.0. The molecule has 0 spiro atoms. The Balaban J connectivity index is 1.60. The molecule has 1 aliphatic rings. The van der Waals surface area contributed by atoms with Crippen molar-refractivity contribution in [2.45, 2.75) is 12.8 Å². The number of carbonyl (C=O) groups is 1. The number of aliphatic hydroxyl groups is 1. The third kappa shape index (κ3) is 2.72. The highest BCUT2D eigenvalue weighted by molar-refractivity contribution is 5.91. The van der Waals surface area contributed by atoms with Gasteiger partial charge in [0.05, 0.1) is 6.61 Å². The lowest BCUT2D eigenvalue weighted by Gasteiger charge is -2.10. The number of aromatic nitrogens is 1. The number of para-hydroxylation sites is 2. The molecule has 20 heavy (non-hydrogen) atoms. The van der Waals surface area contributed by atoms with Gasteiger partial charge in [0.2, 0.25) is 11.8 Å². The Morgan fingerprint density at radius 3 is 2.95 bits per heavy atom. The lowest BCUT2D eigenvalue weighted by atomic mass is 10.1. The molecule has 0 saturated heterocycles. The molecule has 2 aromatic rings. The van der Waals surface area contributed by atoms with Crippen molar-refractivity contribution in [3.63, 3.8) is 0 Å². The van der Waals surface area contributed by atoms with E-state index in [-0.39, 0.29) is 17.9 Å². The predicted octanol–water partition coefficient (Wildman–Crippen LogP) is 1.73. The van der Waals surface area contributed by atoms with Gasteiger partial charge < -0.3 is 14.8 Å². The van der Waals surface area contributed by atoms with Gasteiger partial charge in [0.15, 0.2) is 5.58 Å². The van der Waals surface area contributed by atoms with Crippen LogP contribution in [0.5, 0.6) is 0 Å². The molecule has 1 amide bonds. The average Bonchev–Trinajstić information content (AvgIpc) is 3.14. The Labute approximate surface area is 116 Å². The van der Waals surface area contributed by atoms with Crippen molar-refractivity contribution in [1.29, 1.82) is 0 Å². The van der Waals surface area contributed by atoms with Gasteiger partial charge in [0.25, 0.3) is 0 Å². The van der Waals surface area contributed by atoms with Crippen molar-refractivity contribution in [3.8, 4) is 0 Å². The molecule has 1 saturated carbocycles. The van der Waals surface area contributed by atoms with Crippen molar-refractivity contribution in [2.24, 2.45) is 5.41 Å². The molecule has 2 N–H and O–H groups in total. The SMILES string of the molecule is O=C(/C=C/c1nc2ccccc2o1)NCC1(CO)CC1. The normalized spacial score (nSPS) is 16.6. The van der Waals surface area contributed by atoms with E-state index in [0.29, 0.717) is 18.0 Å². The summed E-state index contributed by atoms with van der Waals surface area (Å²) in [6.45, 7) is 0.641. The van der Waals surface area contributed by atoms with E-state index < -0.39 is 0 Å². The average molecular weight is 272 g/mol. The van der Waals surface area contributed by atoms with E-state index in [1.807, 2.05) is 24.3 Å². The Bertz CT molecular complexity index is 623. The van der Waals surface area contributed by atoms with Crippen LogP contribution in [0.2, 0.25) is 0 Å². The number of carbonyl (C=O) groups excluding carboxylic acids is 1. The van der Waals surface area contributed by atoms with Gasteiger partial charge in [0, 0.05) is 24.1 Å². The highest BCUT2D eigenvalue weighted by atomic mass is 16.3. The van der Waals surface area contributed by atoms with Gasteiger partial charge >= 0.3 is 0 Å². The molecule has 1 aromatic heterocycles. The van der Waals surface area contributed by atoms with Crippen LogP contribution in [0.1, 0.15) is 18.7 Å². The molecule has 0 atom stereocenters. The lowest BCUT2D eigenvalue weighted by molar-refractivity contribution is -0.116. The summed E-state index contributed by atoms with van der Waals surface area (Å²) in [7, 11) is 0. The molecule has 0 unspecified atom stereocenters. The Kier molecular flexibility index (Phi) is 3.28. The predicted molar refractivity (Wildman–Crippen MR) is 74.8 cm³/mol. The fourth-order valence-electron chi connectivity index (χ4n) is 2.01. The van der Waals surface area contributed by atoms with Gasteiger partial charge in [0.1, 0.15) is 5.52 Å². The van der Waals surface area contributed by atoms with Crippen molar-refractivity contribution in [3.05, 3.63) is 36.2 Å². The molecule has 0 bridgehead atoms. The van der Waals surface area contributed by atoms with Crippen molar-refractivity contribution in [2.75, 3.05) is 13.2 Å². The number of hydrogen-bond donors (Lipinski definition) is 2. The second-order valence-electron chi connectivity index (χ2n) is 5.23. The van der Waals surface area contributed by atoms with Gasteiger partial charge in [-0.1, -0.05) is 12.1 Å². The minimum atomic E-state index is -0.202. The third-order valence-corrected chi connectivity index (χ3v) is 3.62. The maximum absolute atomic E-state index is 11.7. The second kappa shape index (κ2) is 5.09. The first-order chi connectivity index (χ1) is 9.71. The molecule has 1 aliphatic carbocycles. The number of amides is 1. The molecule has 0 aliphatic heterocycles. The van der Waals surface area contributed by atoms with Crippen LogP contribution in [0.3, 0.4) is 0 Å². The fraction of sp³-hybridized carbons (Fsp3) is 0.333. The van der Waals surface area contributed by atoms with Crippen molar-refractivity contribution in [1.82, 2.24) is 10.3 Å². The van der Waals surface area contributed by atoms with E-state index in [1.165, 1.54) is 6.08 Å². The molecule has 1 heterocycles. The number of rotatable bonds is 5. The van der Waals surface area contributed by atoms with E-state index in [4.69, 9.17) is 9.52 Å². The molecule has 3 rings (SSSR count). The minimum absolute atomic E-state index is 0.0822. The van der Waals surface area contributed by atoms with E-state index in [2.05, 4.69) is 10.3 Å². The van der Waals surface area contributed by atoms with Crippen LogP contribution in [0, 0.1) is 5.41 Å². The molecular formula is C15H16N2O3. The summed E-state index contributed by atoms with van der Waals surface area (Å²) in [4.78, 5) is 15.9. The summed E-state index contributed by atoms with van der Waals surface area (Å²) < 4.78 is 5.48. The number of benzene rings is 1. The van der Waals surface area contributed by atoms with Gasteiger partial charge in [-0.05, 0) is 25.0 Å². The monoisotopic (exact) mass is 272 g/mol. The summed E-state index contributed by atoms with van der Waals surface area (Å²) in [5.41, 5.74) is 1.38. The first kappa shape index (κ1) is 12.9. The second-order valence-corrected chi connectivity index (χ2v) is 5.23. The highest BCUT2D eigenvalue weighted by Crippen LogP contribution is 2.44. The molecule has 5 heteroatoms. The maximum atomic E-state index is 11.7. The molecule has 1 aromatic carbocycles. The smallest absolute Gasteiger partial charge is 0.244 e. The lowest BCUT2D eigenvalue weighted by Crippen LogP contribution is -2.30. The standard InChI is InChI=1S/C15H16N2O3/c18-10-15(7-8-15)9-16-13(19)5-6-14-17-11-3-1-2-4-12(11)20-14/h1-6,18H,7-10H2,(H,16,19)/b6-5+. The number of oxazole rings is 1. The zero-order chi connectivity index (χ0) is 14.0. The number of fused-ring (bicyclic) bond motifs is 1. The number of hydrogen-bond acceptors (Lipinski definition) is 4. The molecule has 5 nitrogen and oxygen atoms in total. The topological polar surface area (TPSA) is 75.4 Å². The largest absolute Gasteiger partial charge is 0.437 e. The highest BCUT2D eigenvalue weighted by Gasteiger charge is 2.41. The Morgan fingerprint density at radius 1 is 1.45 bits per heavy atom. The summed E-state index contributed by atoms with van der Waals surface area (Å²) in [6.07, 6.45) is 4.89. The van der Waals surface area contributed by atoms with Crippen LogP contribution in [0.15, 0.2) is 34.8 Å². The number of aliphatic hydroxyl groups excluding tert-OH is 1. The van der Waals surface area contributed by atoms with E-state index in [1.54, 1.807) is 6.08 Å². The number of nitrogens with one attached hydrogen (secondary N) is 1. The summed E-state index contributed by atoms with van der Waals surface area (Å²) in [5, 5.41) is 11.9. The minimum Gasteiger partial charge on any atom is -0.437 e. The fourth-order valence-corrected chi connectivity index (χ4v) is 2.01. The van der Waals surface area contributed by atoms with Crippen LogP contribution in [0.25, 0.3) is 17.2 Å². The summed E-state index contributed by atoms with van der Waals surface area (Å²) in [6, 6.07) is 7.44. The van der Waals surface area contributed by atoms with Crippen LogP contribution in [-0.4, -0.2) is 29.1 Å². The van der Waals surface area contributed by atoms with Crippen molar-refractivity contribution >= 4 is 23.1 Å². The molecule has 0 radical (unpaired) electrons. The Morgan fingerprint density at radius 2 is 2.25 bits per heavy atom. The summed E-state index contributed by atoms with van der Waals surface area (Å²) >= 11 is 0. The number of nitrogens with zero attached hydrogens (tertiary/aromatic N) is 1. The summed E-state index contributed by atoms with van der Waals surface area (Å²) in [5.74, 6) is 0.205. The third-order valence-electron chi connectivity index (χ3n) is 3.62. The van der Waals surface area contributed by atoms with Crippen molar-refractivity contribution < 1.29 is 14.3 Å². The first-order valence-corrected chi connectivity index (χ1v) is 6.63. The van der Waals surface area contributed by atoms with E-state index in [0.717, 1.165) is 18.4 Å². The van der Waals surface area contributed by atoms with Crippen LogP contribution in [0.4, 0.5) is 0 Å². The van der Waals surface area contributed by atoms with Gasteiger partial charge in [-0.2, -0.15) is 0 Å². The van der Waals surface area contributed by atoms with Crippen LogP contribution in [-0.2, 0) is 4.79 Å². The van der Waals surface area contributed by atoms with E-state index in [9.17, 15) is 4.79 Å². The van der Waals surface area contributed by atoms with Gasteiger partial charge in [-0.15, -0.1) is 0 Å². The molecule has 1 fully saturated rings.